The zero-order valence-electron chi connectivity index (χ0n) is 13.4. The Balaban J connectivity index is 3.34. The van der Waals surface area contributed by atoms with Crippen molar-refractivity contribution in [2.24, 2.45) is 0 Å². The summed E-state index contributed by atoms with van der Waals surface area (Å²) >= 11 is 0. The third-order valence-electron chi connectivity index (χ3n) is 4.10. The highest BCUT2D eigenvalue weighted by molar-refractivity contribution is 4.72. The molecule has 0 fully saturated rings. The number of nitrogens with zero attached hydrogens (tertiary/aromatic N) is 1. The normalized spacial score (nSPS) is 14.2. The molecule has 120 valence electrons. The van der Waals surface area contributed by atoms with Gasteiger partial charge in [0.25, 0.3) is 0 Å². The number of unbranched alkanes of at least 4 members (excludes halogenated alkanes) is 10. The lowest BCUT2D eigenvalue weighted by Gasteiger charge is -2.17. The molecule has 1 atom stereocenters. The molecule has 4 nitrogen and oxygen atoms in total. The monoisotopic (exact) mass is 287 g/mol. The highest BCUT2D eigenvalue weighted by Gasteiger charge is 2.35. The van der Waals surface area contributed by atoms with Crippen LogP contribution in [0.1, 0.15) is 90.9 Å². The van der Waals surface area contributed by atoms with Gasteiger partial charge in [-0.25, -0.2) is 0 Å². The minimum Gasteiger partial charge on any atom is -0.389 e. The Morgan fingerprint density at radius 2 is 1.30 bits per heavy atom. The van der Waals surface area contributed by atoms with Gasteiger partial charge < -0.3 is 5.11 Å². The van der Waals surface area contributed by atoms with Crippen molar-refractivity contribution >= 4 is 0 Å². The molecular formula is C16H33NO3. The Morgan fingerprint density at radius 3 is 1.65 bits per heavy atom. The van der Waals surface area contributed by atoms with Crippen LogP contribution in [0.2, 0.25) is 0 Å². The van der Waals surface area contributed by atoms with Crippen LogP contribution in [-0.4, -0.2) is 22.2 Å². The summed E-state index contributed by atoms with van der Waals surface area (Å²) in [7, 11) is 0. The highest BCUT2D eigenvalue weighted by atomic mass is 16.6. The van der Waals surface area contributed by atoms with Gasteiger partial charge in [0.15, 0.2) is 0 Å². The van der Waals surface area contributed by atoms with E-state index in [0.717, 1.165) is 19.3 Å². The van der Waals surface area contributed by atoms with E-state index in [0.29, 0.717) is 6.42 Å². The molecule has 0 aliphatic carbocycles. The Kier molecular flexibility index (Phi) is 11.7. The first-order chi connectivity index (χ1) is 9.56. The molecule has 0 aromatic heterocycles. The van der Waals surface area contributed by atoms with Gasteiger partial charge in [0.2, 0.25) is 5.54 Å². The van der Waals surface area contributed by atoms with Crippen molar-refractivity contribution in [1.82, 2.24) is 0 Å². The number of hydrogen-bond donors (Lipinski definition) is 1. The van der Waals surface area contributed by atoms with Gasteiger partial charge >= 0.3 is 0 Å². The zero-order chi connectivity index (χ0) is 15.3. The molecule has 1 N–H and O–H groups in total. The summed E-state index contributed by atoms with van der Waals surface area (Å²) in [6.45, 7) is 3.40. The molecule has 0 rings (SSSR count). The molecule has 20 heavy (non-hydrogen) atoms. The molecule has 0 saturated heterocycles. The van der Waals surface area contributed by atoms with Crippen molar-refractivity contribution < 1.29 is 10.0 Å². The first kappa shape index (κ1) is 19.4. The molecule has 0 aromatic carbocycles. The van der Waals surface area contributed by atoms with Gasteiger partial charge in [-0.15, -0.1) is 0 Å². The van der Waals surface area contributed by atoms with E-state index in [1.54, 1.807) is 0 Å². The topological polar surface area (TPSA) is 63.4 Å². The van der Waals surface area contributed by atoms with Crippen LogP contribution in [0, 0.1) is 10.1 Å². The van der Waals surface area contributed by atoms with Crippen LogP contribution in [0.4, 0.5) is 0 Å². The van der Waals surface area contributed by atoms with E-state index in [9.17, 15) is 10.1 Å². The van der Waals surface area contributed by atoms with E-state index in [-0.39, 0.29) is 11.5 Å². The average molecular weight is 287 g/mol. The van der Waals surface area contributed by atoms with Gasteiger partial charge in [-0.1, -0.05) is 71.1 Å². The molecule has 0 aliphatic heterocycles. The predicted octanol–water partition coefficient (Wildman–Crippen LogP) is 4.72. The second kappa shape index (κ2) is 12.1. The Hall–Kier alpha value is -0.640. The number of hydrogen-bond acceptors (Lipinski definition) is 3. The first-order valence-electron chi connectivity index (χ1n) is 8.32. The maximum absolute atomic E-state index is 10.8. The summed E-state index contributed by atoms with van der Waals surface area (Å²) in [6.07, 6.45) is 14.1. The quantitative estimate of drug-likeness (QED) is 0.286. The van der Waals surface area contributed by atoms with Crippen molar-refractivity contribution in [3.63, 3.8) is 0 Å². The minimum absolute atomic E-state index is 0.344. The van der Waals surface area contributed by atoms with Crippen molar-refractivity contribution in [3.8, 4) is 0 Å². The molecule has 0 saturated carbocycles. The van der Waals surface area contributed by atoms with E-state index in [1.165, 1.54) is 58.3 Å². The van der Waals surface area contributed by atoms with Crippen molar-refractivity contribution in [2.45, 2.75) is 96.4 Å². The minimum atomic E-state index is -1.14. The lowest BCUT2D eigenvalue weighted by Crippen LogP contribution is -2.38. The maximum Gasteiger partial charge on any atom is 0.242 e. The Labute approximate surface area is 124 Å². The molecule has 1 unspecified atom stereocenters. The Bertz CT molecular complexity index is 246. The molecule has 0 amide bonds. The molecule has 0 heterocycles. The molecule has 0 radical (unpaired) electrons. The molecule has 0 bridgehead atoms. The van der Waals surface area contributed by atoms with Crippen LogP contribution in [0.25, 0.3) is 0 Å². The standard InChI is InChI=1S/C16H33NO3/c1-3-4-5-6-7-8-9-10-11-12-13-14-16(2,15-18)17(19)20/h18H,3-15H2,1-2H3. The third-order valence-corrected chi connectivity index (χ3v) is 4.10. The molecular weight excluding hydrogens is 254 g/mol. The lowest BCUT2D eigenvalue weighted by molar-refractivity contribution is -0.570. The van der Waals surface area contributed by atoms with E-state index in [2.05, 4.69) is 6.92 Å². The maximum atomic E-state index is 10.8. The van der Waals surface area contributed by atoms with E-state index < -0.39 is 5.54 Å². The van der Waals surface area contributed by atoms with Gasteiger partial charge in [-0.3, -0.25) is 10.1 Å². The van der Waals surface area contributed by atoms with Gasteiger partial charge in [-0.05, 0) is 6.42 Å². The van der Waals surface area contributed by atoms with Crippen LogP contribution in [-0.2, 0) is 0 Å². The molecule has 0 aliphatic rings. The van der Waals surface area contributed by atoms with Crippen LogP contribution >= 0.6 is 0 Å². The number of aliphatic hydroxyl groups is 1. The summed E-state index contributed by atoms with van der Waals surface area (Å²) in [6, 6.07) is 0. The van der Waals surface area contributed by atoms with Crippen molar-refractivity contribution in [1.29, 1.82) is 0 Å². The van der Waals surface area contributed by atoms with Crippen LogP contribution < -0.4 is 0 Å². The van der Waals surface area contributed by atoms with Gasteiger partial charge in [0.05, 0.1) is 0 Å². The van der Waals surface area contributed by atoms with Crippen LogP contribution in [0.5, 0.6) is 0 Å². The summed E-state index contributed by atoms with van der Waals surface area (Å²) in [5.74, 6) is 0. The summed E-state index contributed by atoms with van der Waals surface area (Å²) < 4.78 is 0. The Morgan fingerprint density at radius 1 is 0.900 bits per heavy atom. The van der Waals surface area contributed by atoms with Gasteiger partial charge in [0, 0.05) is 18.3 Å². The number of aliphatic hydroxyl groups excluding tert-OH is 1. The first-order valence-corrected chi connectivity index (χ1v) is 8.32. The number of rotatable bonds is 14. The number of nitro groups is 1. The van der Waals surface area contributed by atoms with Gasteiger partial charge in [-0.2, -0.15) is 0 Å². The second-order valence-corrected chi connectivity index (χ2v) is 6.20. The van der Waals surface area contributed by atoms with Gasteiger partial charge in [0.1, 0.15) is 6.61 Å². The second-order valence-electron chi connectivity index (χ2n) is 6.20. The van der Waals surface area contributed by atoms with E-state index >= 15 is 0 Å². The van der Waals surface area contributed by atoms with Crippen LogP contribution in [0.3, 0.4) is 0 Å². The van der Waals surface area contributed by atoms with Crippen molar-refractivity contribution in [3.05, 3.63) is 10.1 Å². The molecule has 4 heteroatoms. The SMILES string of the molecule is CCCCCCCCCCCCCC(C)(CO)[N+](=O)[O-]. The predicted molar refractivity (Wildman–Crippen MR) is 83.6 cm³/mol. The summed E-state index contributed by atoms with van der Waals surface area (Å²) in [5.41, 5.74) is -1.14. The van der Waals surface area contributed by atoms with Crippen molar-refractivity contribution in [2.75, 3.05) is 6.61 Å². The lowest BCUT2D eigenvalue weighted by atomic mass is 9.95. The molecule has 0 spiro atoms. The summed E-state index contributed by atoms with van der Waals surface area (Å²) in [4.78, 5) is 10.5. The fourth-order valence-electron chi connectivity index (χ4n) is 2.40. The zero-order valence-corrected chi connectivity index (χ0v) is 13.4. The fourth-order valence-corrected chi connectivity index (χ4v) is 2.40. The smallest absolute Gasteiger partial charge is 0.242 e. The van der Waals surface area contributed by atoms with E-state index in [4.69, 9.17) is 5.11 Å². The summed E-state index contributed by atoms with van der Waals surface area (Å²) in [5, 5.41) is 19.9. The molecule has 0 aromatic rings. The van der Waals surface area contributed by atoms with E-state index in [1.807, 2.05) is 0 Å². The third kappa shape index (κ3) is 9.29. The fraction of sp³-hybridized carbons (Fsp3) is 1.00. The highest BCUT2D eigenvalue weighted by Crippen LogP contribution is 2.19. The van der Waals surface area contributed by atoms with Crippen LogP contribution in [0.15, 0.2) is 0 Å². The largest absolute Gasteiger partial charge is 0.389 e. The average Bonchev–Trinajstić information content (AvgIpc) is 2.44.